The number of carbonyl (C=O) groups excluding carboxylic acids is 1. The van der Waals surface area contributed by atoms with Crippen molar-refractivity contribution in [3.63, 3.8) is 0 Å². The van der Waals surface area contributed by atoms with Crippen molar-refractivity contribution in [2.45, 2.75) is 6.42 Å². The molecule has 0 saturated carbocycles. The number of aromatic nitrogens is 2. The molecule has 1 aromatic heterocycles. The van der Waals surface area contributed by atoms with Crippen LogP contribution < -0.4 is 5.32 Å². The molecule has 1 saturated heterocycles. The van der Waals surface area contributed by atoms with Crippen LogP contribution in [-0.2, 0) is 16.0 Å². The predicted molar refractivity (Wildman–Crippen MR) is 80.1 cm³/mol. The molecule has 3 rings (SSSR count). The highest BCUT2D eigenvalue weighted by Crippen LogP contribution is 2.11. The molecule has 2 aromatic rings. The maximum Gasteiger partial charge on any atom is 0.224 e. The van der Waals surface area contributed by atoms with E-state index in [2.05, 4.69) is 20.2 Å². The molecule has 0 spiro atoms. The van der Waals surface area contributed by atoms with Gasteiger partial charge < -0.3 is 15.0 Å². The van der Waals surface area contributed by atoms with Crippen LogP contribution in [0.4, 0.5) is 0 Å². The molecule has 2 N–H and O–H groups in total. The highest BCUT2D eigenvalue weighted by Gasteiger charge is 2.10. The minimum atomic E-state index is 0.0575. The van der Waals surface area contributed by atoms with E-state index >= 15 is 0 Å². The van der Waals surface area contributed by atoms with Crippen LogP contribution in [0.5, 0.6) is 0 Å². The van der Waals surface area contributed by atoms with E-state index in [4.69, 9.17) is 4.74 Å². The number of fused-ring (bicyclic) bond motifs is 1. The van der Waals surface area contributed by atoms with Crippen LogP contribution in [0.25, 0.3) is 11.0 Å². The minimum Gasteiger partial charge on any atom is -0.379 e. The molecule has 1 fully saturated rings. The quantitative estimate of drug-likeness (QED) is 0.843. The molecule has 1 amide bonds. The zero-order valence-corrected chi connectivity index (χ0v) is 12.0. The standard InChI is InChI=1S/C15H20N4O2/c20-15(16-3-4-19-5-7-21-8-6-19)10-12-1-2-13-14(9-12)18-11-17-13/h1-2,9,11H,3-8,10H2,(H,16,20)(H,17,18). The summed E-state index contributed by atoms with van der Waals surface area (Å²) in [5, 5.41) is 2.97. The van der Waals surface area contributed by atoms with Crippen LogP contribution in [0.2, 0.25) is 0 Å². The predicted octanol–water partition coefficient (Wildman–Crippen LogP) is 0.554. The number of hydrogen-bond donors (Lipinski definition) is 2. The maximum absolute atomic E-state index is 11.9. The van der Waals surface area contributed by atoms with E-state index in [-0.39, 0.29) is 5.91 Å². The Balaban J connectivity index is 1.44. The van der Waals surface area contributed by atoms with Gasteiger partial charge in [-0.2, -0.15) is 0 Å². The van der Waals surface area contributed by atoms with Crippen LogP contribution in [-0.4, -0.2) is 60.2 Å². The summed E-state index contributed by atoms with van der Waals surface area (Å²) in [4.78, 5) is 21.5. The van der Waals surface area contributed by atoms with Crippen molar-refractivity contribution in [1.82, 2.24) is 20.2 Å². The number of ether oxygens (including phenoxy) is 1. The normalized spacial score (nSPS) is 16.2. The molecule has 21 heavy (non-hydrogen) atoms. The van der Waals surface area contributed by atoms with Crippen molar-refractivity contribution in [1.29, 1.82) is 0 Å². The lowest BCUT2D eigenvalue weighted by atomic mass is 10.1. The third-order valence-corrected chi connectivity index (χ3v) is 3.70. The van der Waals surface area contributed by atoms with Gasteiger partial charge in [-0.15, -0.1) is 0 Å². The number of rotatable bonds is 5. The molecule has 112 valence electrons. The Morgan fingerprint density at radius 2 is 2.24 bits per heavy atom. The molecular formula is C15H20N4O2. The molecule has 0 radical (unpaired) electrons. The summed E-state index contributed by atoms with van der Waals surface area (Å²) >= 11 is 0. The van der Waals surface area contributed by atoms with E-state index in [0.717, 1.165) is 49.4 Å². The fourth-order valence-electron chi connectivity index (χ4n) is 2.52. The highest BCUT2D eigenvalue weighted by atomic mass is 16.5. The van der Waals surface area contributed by atoms with Gasteiger partial charge in [-0.3, -0.25) is 9.69 Å². The second kappa shape index (κ2) is 6.69. The number of morpholine rings is 1. The first-order valence-electron chi connectivity index (χ1n) is 7.30. The molecule has 2 heterocycles. The van der Waals surface area contributed by atoms with Gasteiger partial charge in [0.25, 0.3) is 0 Å². The number of amides is 1. The molecule has 1 aliphatic heterocycles. The van der Waals surface area contributed by atoms with Gasteiger partial charge in [0.1, 0.15) is 0 Å². The SMILES string of the molecule is O=C(Cc1ccc2nc[nH]c2c1)NCCN1CCOCC1. The van der Waals surface area contributed by atoms with E-state index in [0.29, 0.717) is 13.0 Å². The van der Waals surface area contributed by atoms with Gasteiger partial charge in [0.2, 0.25) is 5.91 Å². The molecule has 6 nitrogen and oxygen atoms in total. The molecule has 0 atom stereocenters. The molecule has 0 aliphatic carbocycles. The zero-order chi connectivity index (χ0) is 14.5. The molecule has 0 unspecified atom stereocenters. The molecular weight excluding hydrogens is 268 g/mol. The summed E-state index contributed by atoms with van der Waals surface area (Å²) in [7, 11) is 0. The molecule has 1 aromatic carbocycles. The third-order valence-electron chi connectivity index (χ3n) is 3.70. The van der Waals surface area contributed by atoms with Crippen LogP contribution in [0.15, 0.2) is 24.5 Å². The number of H-pyrrole nitrogens is 1. The van der Waals surface area contributed by atoms with Crippen molar-refractivity contribution >= 4 is 16.9 Å². The Morgan fingerprint density at radius 1 is 1.38 bits per heavy atom. The van der Waals surface area contributed by atoms with Gasteiger partial charge >= 0.3 is 0 Å². The van der Waals surface area contributed by atoms with Crippen molar-refractivity contribution in [2.75, 3.05) is 39.4 Å². The third kappa shape index (κ3) is 3.80. The van der Waals surface area contributed by atoms with Crippen molar-refractivity contribution < 1.29 is 9.53 Å². The first-order valence-corrected chi connectivity index (χ1v) is 7.30. The Bertz CT molecular complexity index is 604. The summed E-state index contributed by atoms with van der Waals surface area (Å²) in [5.74, 6) is 0.0575. The van der Waals surface area contributed by atoms with Crippen LogP contribution >= 0.6 is 0 Å². The highest BCUT2D eigenvalue weighted by molar-refractivity contribution is 5.81. The molecule has 6 heteroatoms. The number of nitrogens with zero attached hydrogens (tertiary/aromatic N) is 2. The number of benzene rings is 1. The second-order valence-electron chi connectivity index (χ2n) is 5.23. The van der Waals surface area contributed by atoms with Crippen LogP contribution in [0, 0.1) is 0 Å². The summed E-state index contributed by atoms with van der Waals surface area (Å²) in [5.41, 5.74) is 2.88. The topological polar surface area (TPSA) is 70.2 Å². The second-order valence-corrected chi connectivity index (χ2v) is 5.23. The molecule has 1 aliphatic rings. The summed E-state index contributed by atoms with van der Waals surface area (Å²) in [6.45, 7) is 5.05. The summed E-state index contributed by atoms with van der Waals surface area (Å²) in [6, 6.07) is 5.86. The summed E-state index contributed by atoms with van der Waals surface area (Å²) in [6.07, 6.45) is 2.06. The number of hydrogen-bond acceptors (Lipinski definition) is 4. The van der Waals surface area contributed by atoms with Gasteiger partial charge in [0, 0.05) is 26.2 Å². The lowest BCUT2D eigenvalue weighted by Gasteiger charge is -2.26. The maximum atomic E-state index is 11.9. The molecule has 0 bridgehead atoms. The Hall–Kier alpha value is -1.92. The smallest absolute Gasteiger partial charge is 0.224 e. The average molecular weight is 288 g/mol. The zero-order valence-electron chi connectivity index (χ0n) is 12.0. The van der Waals surface area contributed by atoms with Crippen molar-refractivity contribution in [3.05, 3.63) is 30.1 Å². The fourth-order valence-corrected chi connectivity index (χ4v) is 2.52. The van der Waals surface area contributed by atoms with Gasteiger partial charge in [0.15, 0.2) is 0 Å². The Labute approximate surface area is 123 Å². The van der Waals surface area contributed by atoms with E-state index in [1.165, 1.54) is 0 Å². The Morgan fingerprint density at radius 3 is 3.10 bits per heavy atom. The number of carbonyl (C=O) groups is 1. The number of imidazole rings is 1. The van der Waals surface area contributed by atoms with Gasteiger partial charge in [0.05, 0.1) is 37.0 Å². The van der Waals surface area contributed by atoms with Gasteiger partial charge in [-0.25, -0.2) is 4.98 Å². The monoisotopic (exact) mass is 288 g/mol. The van der Waals surface area contributed by atoms with Crippen molar-refractivity contribution in [2.24, 2.45) is 0 Å². The van der Waals surface area contributed by atoms with Crippen molar-refractivity contribution in [3.8, 4) is 0 Å². The van der Waals surface area contributed by atoms with Gasteiger partial charge in [-0.1, -0.05) is 6.07 Å². The largest absolute Gasteiger partial charge is 0.379 e. The Kier molecular flexibility index (Phi) is 4.47. The van der Waals surface area contributed by atoms with E-state index in [1.807, 2.05) is 18.2 Å². The summed E-state index contributed by atoms with van der Waals surface area (Å²) < 4.78 is 5.30. The van der Waals surface area contributed by atoms with Crippen LogP contribution in [0.3, 0.4) is 0 Å². The minimum absolute atomic E-state index is 0.0575. The van der Waals surface area contributed by atoms with Gasteiger partial charge in [-0.05, 0) is 17.7 Å². The van der Waals surface area contributed by atoms with E-state index < -0.39 is 0 Å². The fraction of sp³-hybridized carbons (Fsp3) is 0.467. The first kappa shape index (κ1) is 14.0. The number of nitrogens with one attached hydrogen (secondary N) is 2. The average Bonchev–Trinajstić information content (AvgIpc) is 2.96. The lowest BCUT2D eigenvalue weighted by Crippen LogP contribution is -2.41. The van der Waals surface area contributed by atoms with Crippen LogP contribution in [0.1, 0.15) is 5.56 Å². The lowest BCUT2D eigenvalue weighted by molar-refractivity contribution is -0.120. The van der Waals surface area contributed by atoms with E-state index in [1.54, 1.807) is 6.33 Å². The van der Waals surface area contributed by atoms with E-state index in [9.17, 15) is 4.79 Å². The number of aromatic amines is 1. The first-order chi connectivity index (χ1) is 10.3.